The van der Waals surface area contributed by atoms with Gasteiger partial charge in [-0.3, -0.25) is 4.79 Å². The minimum atomic E-state index is -0.0247. The molecule has 17 heavy (non-hydrogen) atoms. The SMILES string of the molecule is CCOC(=O)C(C)CC[C@H](C)C1CCCCC1. The maximum Gasteiger partial charge on any atom is 0.308 e. The van der Waals surface area contributed by atoms with Crippen LogP contribution in [0.4, 0.5) is 0 Å². The summed E-state index contributed by atoms with van der Waals surface area (Å²) in [7, 11) is 0. The lowest BCUT2D eigenvalue weighted by atomic mass is 9.78. The Morgan fingerprint density at radius 1 is 1.18 bits per heavy atom. The van der Waals surface area contributed by atoms with Gasteiger partial charge in [-0.15, -0.1) is 0 Å². The molecule has 0 aromatic rings. The standard InChI is InChI=1S/C15H28O2/c1-4-17-15(16)13(3)11-10-12(2)14-8-6-5-7-9-14/h12-14H,4-11H2,1-3H3/t12-,13?/m0/s1. The van der Waals surface area contributed by atoms with Crippen LogP contribution in [-0.2, 0) is 9.53 Å². The second-order valence-electron chi connectivity index (χ2n) is 5.61. The third-order valence-corrected chi connectivity index (χ3v) is 4.20. The van der Waals surface area contributed by atoms with Crippen LogP contribution < -0.4 is 0 Å². The Labute approximate surface area is 106 Å². The highest BCUT2D eigenvalue weighted by atomic mass is 16.5. The van der Waals surface area contributed by atoms with Crippen molar-refractivity contribution in [3.05, 3.63) is 0 Å². The van der Waals surface area contributed by atoms with Crippen LogP contribution in [-0.4, -0.2) is 12.6 Å². The van der Waals surface area contributed by atoms with Gasteiger partial charge in [0.1, 0.15) is 0 Å². The van der Waals surface area contributed by atoms with E-state index >= 15 is 0 Å². The van der Waals surface area contributed by atoms with Crippen LogP contribution in [0.3, 0.4) is 0 Å². The number of carbonyl (C=O) groups excluding carboxylic acids is 1. The Hall–Kier alpha value is -0.530. The number of rotatable bonds is 6. The van der Waals surface area contributed by atoms with E-state index in [1.165, 1.54) is 38.5 Å². The van der Waals surface area contributed by atoms with Gasteiger partial charge in [0.05, 0.1) is 12.5 Å². The van der Waals surface area contributed by atoms with Gasteiger partial charge in [0.2, 0.25) is 0 Å². The van der Waals surface area contributed by atoms with Crippen molar-refractivity contribution in [3.8, 4) is 0 Å². The first-order chi connectivity index (χ1) is 8.15. The fraction of sp³-hybridized carbons (Fsp3) is 0.933. The van der Waals surface area contributed by atoms with E-state index in [0.717, 1.165) is 18.3 Å². The fourth-order valence-corrected chi connectivity index (χ4v) is 2.85. The number of carbonyl (C=O) groups is 1. The van der Waals surface area contributed by atoms with Crippen LogP contribution in [0.5, 0.6) is 0 Å². The molecule has 1 unspecified atom stereocenters. The van der Waals surface area contributed by atoms with Crippen molar-refractivity contribution in [2.24, 2.45) is 17.8 Å². The molecule has 1 rings (SSSR count). The maximum absolute atomic E-state index is 11.5. The molecule has 0 saturated heterocycles. The van der Waals surface area contributed by atoms with Crippen LogP contribution >= 0.6 is 0 Å². The first-order valence-electron chi connectivity index (χ1n) is 7.31. The topological polar surface area (TPSA) is 26.3 Å². The molecule has 0 N–H and O–H groups in total. The molecule has 1 fully saturated rings. The van der Waals surface area contributed by atoms with E-state index in [1.807, 2.05) is 13.8 Å². The third kappa shape index (κ3) is 5.10. The van der Waals surface area contributed by atoms with E-state index in [4.69, 9.17) is 4.74 Å². The van der Waals surface area contributed by atoms with Crippen LogP contribution in [0, 0.1) is 17.8 Å². The highest BCUT2D eigenvalue weighted by Gasteiger charge is 2.22. The van der Waals surface area contributed by atoms with E-state index < -0.39 is 0 Å². The van der Waals surface area contributed by atoms with Crippen LogP contribution in [0.1, 0.15) is 65.7 Å². The smallest absolute Gasteiger partial charge is 0.308 e. The van der Waals surface area contributed by atoms with E-state index in [9.17, 15) is 4.79 Å². The minimum Gasteiger partial charge on any atom is -0.466 e. The molecule has 0 bridgehead atoms. The van der Waals surface area contributed by atoms with Crippen molar-refractivity contribution in [1.29, 1.82) is 0 Å². The van der Waals surface area contributed by atoms with Crippen LogP contribution in [0.2, 0.25) is 0 Å². The summed E-state index contributed by atoms with van der Waals surface area (Å²) in [6.07, 6.45) is 9.18. The Balaban J connectivity index is 2.22. The van der Waals surface area contributed by atoms with Gasteiger partial charge in [0.25, 0.3) is 0 Å². The quantitative estimate of drug-likeness (QED) is 0.651. The molecule has 0 aromatic carbocycles. The molecule has 1 saturated carbocycles. The zero-order chi connectivity index (χ0) is 12.7. The predicted molar refractivity (Wildman–Crippen MR) is 70.8 cm³/mol. The summed E-state index contributed by atoms with van der Waals surface area (Å²) in [5.41, 5.74) is 0. The molecule has 0 radical (unpaired) electrons. The fourth-order valence-electron chi connectivity index (χ4n) is 2.85. The molecular formula is C15H28O2. The summed E-state index contributed by atoms with van der Waals surface area (Å²) in [4.78, 5) is 11.5. The first kappa shape index (κ1) is 14.5. The molecule has 0 spiro atoms. The van der Waals surface area contributed by atoms with E-state index in [1.54, 1.807) is 0 Å². The van der Waals surface area contributed by atoms with E-state index in [2.05, 4.69) is 6.92 Å². The second-order valence-corrected chi connectivity index (χ2v) is 5.61. The normalized spacial score (nSPS) is 20.9. The Morgan fingerprint density at radius 2 is 1.82 bits per heavy atom. The van der Waals surface area contributed by atoms with Crippen molar-refractivity contribution in [2.45, 2.75) is 65.7 Å². The molecule has 100 valence electrons. The largest absolute Gasteiger partial charge is 0.466 e. The van der Waals surface area contributed by atoms with Gasteiger partial charge in [-0.2, -0.15) is 0 Å². The lowest BCUT2D eigenvalue weighted by Gasteiger charge is -2.28. The summed E-state index contributed by atoms with van der Waals surface area (Å²) in [5.74, 6) is 1.72. The molecule has 0 aromatic heterocycles. The molecule has 0 amide bonds. The molecule has 2 nitrogen and oxygen atoms in total. The Kier molecular flexibility index (Phi) is 6.61. The lowest BCUT2D eigenvalue weighted by molar-refractivity contribution is -0.147. The summed E-state index contributed by atoms with van der Waals surface area (Å²) < 4.78 is 5.04. The van der Waals surface area contributed by atoms with Crippen molar-refractivity contribution in [2.75, 3.05) is 6.61 Å². The lowest BCUT2D eigenvalue weighted by Crippen LogP contribution is -2.19. The van der Waals surface area contributed by atoms with Crippen LogP contribution in [0.25, 0.3) is 0 Å². The average molecular weight is 240 g/mol. The van der Waals surface area contributed by atoms with Gasteiger partial charge in [-0.05, 0) is 31.6 Å². The van der Waals surface area contributed by atoms with E-state index in [-0.39, 0.29) is 11.9 Å². The zero-order valence-electron chi connectivity index (χ0n) is 11.7. The molecule has 0 heterocycles. The molecule has 1 aliphatic rings. The number of hydrogen-bond acceptors (Lipinski definition) is 2. The summed E-state index contributed by atoms with van der Waals surface area (Å²) in [6.45, 7) is 6.72. The maximum atomic E-state index is 11.5. The Morgan fingerprint density at radius 3 is 2.41 bits per heavy atom. The highest BCUT2D eigenvalue weighted by molar-refractivity contribution is 5.71. The number of esters is 1. The van der Waals surface area contributed by atoms with Crippen molar-refractivity contribution in [3.63, 3.8) is 0 Å². The Bertz CT molecular complexity index is 219. The third-order valence-electron chi connectivity index (χ3n) is 4.20. The second kappa shape index (κ2) is 7.73. The van der Waals surface area contributed by atoms with Crippen LogP contribution in [0.15, 0.2) is 0 Å². The molecule has 2 atom stereocenters. The van der Waals surface area contributed by atoms with Gasteiger partial charge >= 0.3 is 5.97 Å². The zero-order valence-corrected chi connectivity index (χ0v) is 11.7. The van der Waals surface area contributed by atoms with Gasteiger partial charge in [0, 0.05) is 0 Å². The number of ether oxygens (including phenoxy) is 1. The molecule has 0 aliphatic heterocycles. The monoisotopic (exact) mass is 240 g/mol. The molecule has 1 aliphatic carbocycles. The van der Waals surface area contributed by atoms with Gasteiger partial charge in [-0.25, -0.2) is 0 Å². The van der Waals surface area contributed by atoms with Gasteiger partial charge in [0.15, 0.2) is 0 Å². The minimum absolute atomic E-state index is 0.0247. The van der Waals surface area contributed by atoms with Crippen molar-refractivity contribution >= 4 is 5.97 Å². The highest BCUT2D eigenvalue weighted by Crippen LogP contribution is 2.32. The van der Waals surface area contributed by atoms with Crippen molar-refractivity contribution < 1.29 is 9.53 Å². The summed E-state index contributed by atoms with van der Waals surface area (Å²) in [5, 5.41) is 0. The predicted octanol–water partition coefficient (Wildman–Crippen LogP) is 4.18. The first-order valence-corrected chi connectivity index (χ1v) is 7.31. The number of hydrogen-bond donors (Lipinski definition) is 0. The average Bonchev–Trinajstić information content (AvgIpc) is 2.36. The van der Waals surface area contributed by atoms with E-state index in [0.29, 0.717) is 6.61 Å². The summed E-state index contributed by atoms with van der Waals surface area (Å²) in [6, 6.07) is 0. The van der Waals surface area contributed by atoms with Gasteiger partial charge < -0.3 is 4.74 Å². The molecule has 2 heteroatoms. The van der Waals surface area contributed by atoms with Crippen molar-refractivity contribution in [1.82, 2.24) is 0 Å². The molecular weight excluding hydrogens is 212 g/mol. The van der Waals surface area contributed by atoms with Gasteiger partial charge in [-0.1, -0.05) is 46.0 Å². The summed E-state index contributed by atoms with van der Waals surface area (Å²) >= 11 is 0.